The molecular weight excluding hydrogens is 356 g/mol. The number of thiazole rings is 1. The third-order valence-corrected chi connectivity index (χ3v) is 6.07. The molecule has 0 saturated carbocycles. The Hall–Kier alpha value is -2.47. The molecule has 0 aliphatic carbocycles. The highest BCUT2D eigenvalue weighted by Gasteiger charge is 2.30. The number of amides is 1. The molecule has 5 nitrogen and oxygen atoms in total. The van der Waals surface area contributed by atoms with E-state index in [0.717, 1.165) is 58.5 Å². The van der Waals surface area contributed by atoms with Crippen LogP contribution >= 0.6 is 11.3 Å². The van der Waals surface area contributed by atoms with E-state index in [1.807, 2.05) is 43.1 Å². The predicted molar refractivity (Wildman–Crippen MR) is 108 cm³/mol. The second-order valence-corrected chi connectivity index (χ2v) is 8.47. The minimum absolute atomic E-state index is 0.0174. The van der Waals surface area contributed by atoms with Gasteiger partial charge in [-0.1, -0.05) is 30.3 Å². The zero-order valence-electron chi connectivity index (χ0n) is 15.7. The Bertz CT molecular complexity index is 931. The van der Waals surface area contributed by atoms with Gasteiger partial charge in [0.1, 0.15) is 5.82 Å². The number of aryl methyl sites for hydroxylation is 2. The molecule has 6 heteroatoms. The van der Waals surface area contributed by atoms with E-state index in [9.17, 15) is 4.79 Å². The van der Waals surface area contributed by atoms with Crippen molar-refractivity contribution in [2.75, 3.05) is 6.54 Å². The van der Waals surface area contributed by atoms with Gasteiger partial charge in [0.15, 0.2) is 0 Å². The Labute approximate surface area is 163 Å². The highest BCUT2D eigenvalue weighted by Crippen LogP contribution is 2.31. The van der Waals surface area contributed by atoms with Crippen LogP contribution in [-0.2, 0) is 11.2 Å². The van der Waals surface area contributed by atoms with Crippen molar-refractivity contribution in [1.29, 1.82) is 0 Å². The molecule has 1 amide bonds. The van der Waals surface area contributed by atoms with Crippen molar-refractivity contribution in [3.05, 3.63) is 57.9 Å². The lowest BCUT2D eigenvalue weighted by molar-refractivity contribution is -0.134. The summed E-state index contributed by atoms with van der Waals surface area (Å²) in [6.07, 6.45) is 5.35. The maximum Gasteiger partial charge on any atom is 0.229 e. The highest BCUT2D eigenvalue weighted by molar-refractivity contribution is 7.11. The minimum atomic E-state index is 0.0174. The Morgan fingerprint density at radius 2 is 2.07 bits per heavy atom. The van der Waals surface area contributed by atoms with Crippen LogP contribution in [0.2, 0.25) is 0 Å². The molecule has 4 rings (SSSR count). The average molecular weight is 381 g/mol. The quantitative estimate of drug-likeness (QED) is 0.727. The lowest BCUT2D eigenvalue weighted by Gasteiger charge is -2.34. The number of aromatic nitrogens is 3. The van der Waals surface area contributed by atoms with Crippen molar-refractivity contribution in [3.8, 4) is 11.3 Å². The molecular formula is C21H24N4OS. The monoisotopic (exact) mass is 380 g/mol. The van der Waals surface area contributed by atoms with Crippen LogP contribution in [0.1, 0.15) is 46.7 Å². The van der Waals surface area contributed by atoms with Gasteiger partial charge >= 0.3 is 0 Å². The first-order valence-electron chi connectivity index (χ1n) is 9.44. The number of benzene rings is 1. The molecule has 0 radical (unpaired) electrons. The van der Waals surface area contributed by atoms with Crippen LogP contribution in [0, 0.1) is 13.8 Å². The van der Waals surface area contributed by atoms with Crippen LogP contribution in [0.4, 0.5) is 0 Å². The number of carbonyl (C=O) groups is 1. The number of piperidine rings is 1. The number of likely N-dealkylation sites (tertiary alicyclic amines) is 1. The summed E-state index contributed by atoms with van der Waals surface area (Å²) >= 11 is 1.66. The Morgan fingerprint density at radius 1 is 1.26 bits per heavy atom. The molecule has 0 spiro atoms. The van der Waals surface area contributed by atoms with E-state index in [0.29, 0.717) is 6.42 Å². The number of nitrogens with zero attached hydrogens (tertiary/aromatic N) is 3. The largest absolute Gasteiger partial charge is 0.340 e. The molecule has 140 valence electrons. The Kier molecular flexibility index (Phi) is 5.07. The summed E-state index contributed by atoms with van der Waals surface area (Å²) in [5, 5.41) is 1.02. The van der Waals surface area contributed by atoms with E-state index < -0.39 is 0 Å². The number of carbonyl (C=O) groups excluding carboxylic acids is 1. The number of hydrogen-bond donors (Lipinski definition) is 1. The van der Waals surface area contributed by atoms with Gasteiger partial charge in [-0.05, 0) is 38.7 Å². The summed E-state index contributed by atoms with van der Waals surface area (Å²) in [5.74, 6) is 1.03. The fraction of sp³-hybridized carbons (Fsp3) is 0.381. The third kappa shape index (κ3) is 3.81. The van der Waals surface area contributed by atoms with E-state index in [-0.39, 0.29) is 11.9 Å². The standard InChI is InChI=1S/C21H24N4OS/c1-14-17(23-15(2)27-14)12-20(26)25-11-7-6-10-19(25)21-22-13-18(24-21)16-8-4-3-5-9-16/h3-5,8-9,13,19H,6-7,10-12H2,1-2H3,(H,22,24). The van der Waals surface area contributed by atoms with E-state index in [2.05, 4.69) is 27.1 Å². The first kappa shape index (κ1) is 17.9. The van der Waals surface area contributed by atoms with E-state index >= 15 is 0 Å². The van der Waals surface area contributed by atoms with Crippen molar-refractivity contribution >= 4 is 17.2 Å². The number of nitrogens with one attached hydrogen (secondary N) is 1. The minimum Gasteiger partial charge on any atom is -0.340 e. The van der Waals surface area contributed by atoms with Crippen LogP contribution in [-0.4, -0.2) is 32.3 Å². The van der Waals surface area contributed by atoms with Crippen LogP contribution in [0.15, 0.2) is 36.5 Å². The Balaban J connectivity index is 1.55. The molecule has 3 heterocycles. The van der Waals surface area contributed by atoms with Crippen LogP contribution in [0.5, 0.6) is 0 Å². The van der Waals surface area contributed by atoms with Gasteiger partial charge in [0, 0.05) is 11.4 Å². The fourth-order valence-corrected chi connectivity index (χ4v) is 4.60. The van der Waals surface area contributed by atoms with Gasteiger partial charge in [-0.15, -0.1) is 11.3 Å². The summed E-state index contributed by atoms with van der Waals surface area (Å²) in [4.78, 5) is 28.8. The van der Waals surface area contributed by atoms with Gasteiger partial charge in [-0.3, -0.25) is 4.79 Å². The molecule has 1 aliphatic rings. The molecule has 1 N–H and O–H groups in total. The van der Waals surface area contributed by atoms with Crippen molar-refractivity contribution in [2.24, 2.45) is 0 Å². The van der Waals surface area contributed by atoms with Gasteiger partial charge in [0.25, 0.3) is 0 Å². The molecule has 1 unspecified atom stereocenters. The second-order valence-electron chi connectivity index (χ2n) is 7.06. The summed E-state index contributed by atoms with van der Waals surface area (Å²) in [6.45, 7) is 4.82. The van der Waals surface area contributed by atoms with Gasteiger partial charge in [-0.2, -0.15) is 0 Å². The lowest BCUT2D eigenvalue weighted by atomic mass is 10.0. The lowest BCUT2D eigenvalue weighted by Crippen LogP contribution is -2.40. The second kappa shape index (κ2) is 7.64. The number of aromatic amines is 1. The molecule has 1 aliphatic heterocycles. The number of H-pyrrole nitrogens is 1. The highest BCUT2D eigenvalue weighted by atomic mass is 32.1. The first-order chi connectivity index (χ1) is 13.1. The topological polar surface area (TPSA) is 61.9 Å². The van der Waals surface area contributed by atoms with Gasteiger partial charge in [0.2, 0.25) is 5.91 Å². The van der Waals surface area contributed by atoms with E-state index in [1.165, 1.54) is 0 Å². The predicted octanol–water partition coefficient (Wildman–Crippen LogP) is 4.45. The summed E-state index contributed by atoms with van der Waals surface area (Å²) in [6, 6.07) is 10.2. The zero-order chi connectivity index (χ0) is 18.8. The van der Waals surface area contributed by atoms with Gasteiger partial charge in [0.05, 0.1) is 35.1 Å². The van der Waals surface area contributed by atoms with Crippen molar-refractivity contribution in [1.82, 2.24) is 19.9 Å². The molecule has 3 aromatic rings. The maximum atomic E-state index is 13.0. The van der Waals surface area contributed by atoms with Crippen LogP contribution in [0.3, 0.4) is 0 Å². The fourth-order valence-electron chi connectivity index (χ4n) is 3.77. The smallest absolute Gasteiger partial charge is 0.229 e. The number of imidazole rings is 1. The number of hydrogen-bond acceptors (Lipinski definition) is 4. The van der Waals surface area contributed by atoms with E-state index in [1.54, 1.807) is 11.3 Å². The van der Waals surface area contributed by atoms with Gasteiger partial charge < -0.3 is 9.88 Å². The van der Waals surface area contributed by atoms with Crippen LogP contribution in [0.25, 0.3) is 11.3 Å². The molecule has 1 fully saturated rings. The summed E-state index contributed by atoms with van der Waals surface area (Å²) in [7, 11) is 0. The molecule has 1 atom stereocenters. The maximum absolute atomic E-state index is 13.0. The Morgan fingerprint density at radius 3 is 2.81 bits per heavy atom. The van der Waals surface area contributed by atoms with Gasteiger partial charge in [-0.25, -0.2) is 9.97 Å². The third-order valence-electron chi connectivity index (χ3n) is 5.14. The molecule has 1 saturated heterocycles. The SMILES string of the molecule is Cc1nc(CC(=O)N2CCCCC2c2ncc(-c3ccccc3)[nH]2)c(C)s1. The van der Waals surface area contributed by atoms with Crippen LogP contribution < -0.4 is 0 Å². The zero-order valence-corrected chi connectivity index (χ0v) is 16.6. The molecule has 2 aromatic heterocycles. The number of rotatable bonds is 4. The van der Waals surface area contributed by atoms with Crippen molar-refractivity contribution < 1.29 is 4.79 Å². The summed E-state index contributed by atoms with van der Waals surface area (Å²) in [5.41, 5.74) is 3.02. The van der Waals surface area contributed by atoms with E-state index in [4.69, 9.17) is 0 Å². The van der Waals surface area contributed by atoms with Crippen molar-refractivity contribution in [2.45, 2.75) is 45.6 Å². The summed E-state index contributed by atoms with van der Waals surface area (Å²) < 4.78 is 0. The molecule has 0 bridgehead atoms. The average Bonchev–Trinajstić information content (AvgIpc) is 3.29. The first-order valence-corrected chi connectivity index (χ1v) is 10.3. The molecule has 1 aromatic carbocycles. The van der Waals surface area contributed by atoms with Crippen molar-refractivity contribution in [3.63, 3.8) is 0 Å². The molecule has 27 heavy (non-hydrogen) atoms. The normalized spacial score (nSPS) is 17.3.